The number of nitro benzene ring substituents is 1. The first-order valence-electron chi connectivity index (χ1n) is 6.19. The van der Waals surface area contributed by atoms with E-state index in [4.69, 9.17) is 11.6 Å². The number of hydrogen-bond donors (Lipinski definition) is 1. The molecule has 0 spiro atoms. The lowest BCUT2D eigenvalue weighted by Gasteiger charge is -2.12. The molecule has 2 rings (SSSR count). The number of thiophene rings is 1. The van der Waals surface area contributed by atoms with Crippen molar-refractivity contribution in [2.75, 3.05) is 0 Å². The van der Waals surface area contributed by atoms with Gasteiger partial charge in [0.05, 0.1) is 11.0 Å². The molecule has 5 nitrogen and oxygen atoms in total. The van der Waals surface area contributed by atoms with Crippen molar-refractivity contribution in [2.45, 2.75) is 19.9 Å². The van der Waals surface area contributed by atoms with Gasteiger partial charge < -0.3 is 5.32 Å². The number of nitrogens with zero attached hydrogens (tertiary/aromatic N) is 1. The van der Waals surface area contributed by atoms with Crippen molar-refractivity contribution in [3.05, 3.63) is 60.8 Å². The van der Waals surface area contributed by atoms with Crippen LogP contribution in [0.3, 0.4) is 0 Å². The van der Waals surface area contributed by atoms with E-state index in [1.807, 2.05) is 26.0 Å². The van der Waals surface area contributed by atoms with Crippen molar-refractivity contribution in [1.29, 1.82) is 0 Å². The molecule has 1 N–H and O–H groups in total. The standard InChI is InChI=1S/C14H13ClN2O3S/c1-8-3-6-13(21-8)9(2)16-14(18)10-4-5-11(15)12(7-10)17(19)20/h3-7,9H,1-2H3,(H,16,18). The predicted molar refractivity (Wildman–Crippen MR) is 83.0 cm³/mol. The number of aryl methyl sites for hydroxylation is 1. The lowest BCUT2D eigenvalue weighted by Crippen LogP contribution is -2.26. The molecule has 0 saturated heterocycles. The summed E-state index contributed by atoms with van der Waals surface area (Å²) in [4.78, 5) is 24.6. The molecule has 1 aromatic carbocycles. The zero-order valence-corrected chi connectivity index (χ0v) is 13.0. The fourth-order valence-electron chi connectivity index (χ4n) is 1.83. The van der Waals surface area contributed by atoms with Crippen LogP contribution in [0.2, 0.25) is 5.02 Å². The Bertz CT molecular complexity index is 699. The number of hydrogen-bond acceptors (Lipinski definition) is 4. The number of benzene rings is 1. The van der Waals surface area contributed by atoms with Crippen LogP contribution in [-0.4, -0.2) is 10.8 Å². The summed E-state index contributed by atoms with van der Waals surface area (Å²) in [6, 6.07) is 7.78. The highest BCUT2D eigenvalue weighted by Crippen LogP contribution is 2.26. The maximum Gasteiger partial charge on any atom is 0.288 e. The number of halogens is 1. The number of nitrogens with one attached hydrogen (secondary N) is 1. The largest absolute Gasteiger partial charge is 0.345 e. The van der Waals surface area contributed by atoms with Gasteiger partial charge in [0.1, 0.15) is 5.02 Å². The third kappa shape index (κ3) is 3.59. The van der Waals surface area contributed by atoms with Crippen molar-refractivity contribution >= 4 is 34.5 Å². The van der Waals surface area contributed by atoms with E-state index >= 15 is 0 Å². The van der Waals surface area contributed by atoms with Crippen LogP contribution in [-0.2, 0) is 0 Å². The lowest BCUT2D eigenvalue weighted by molar-refractivity contribution is -0.384. The number of carbonyl (C=O) groups excluding carboxylic acids is 1. The summed E-state index contributed by atoms with van der Waals surface area (Å²) in [5.74, 6) is -0.367. The summed E-state index contributed by atoms with van der Waals surface area (Å²) in [6.45, 7) is 3.86. The van der Waals surface area contributed by atoms with E-state index in [9.17, 15) is 14.9 Å². The summed E-state index contributed by atoms with van der Waals surface area (Å²) in [7, 11) is 0. The fraction of sp³-hybridized carbons (Fsp3) is 0.214. The number of amides is 1. The molecular weight excluding hydrogens is 312 g/mol. The third-order valence-electron chi connectivity index (χ3n) is 2.94. The van der Waals surface area contributed by atoms with E-state index in [1.165, 1.54) is 18.2 Å². The Balaban J connectivity index is 2.17. The Morgan fingerprint density at radius 3 is 2.67 bits per heavy atom. The zero-order chi connectivity index (χ0) is 15.6. The van der Waals surface area contributed by atoms with Crippen LogP contribution in [0.1, 0.15) is 33.1 Å². The van der Waals surface area contributed by atoms with Crippen LogP contribution >= 0.6 is 22.9 Å². The second-order valence-corrected chi connectivity index (χ2v) is 6.29. The van der Waals surface area contributed by atoms with Crippen LogP contribution in [0.4, 0.5) is 5.69 Å². The predicted octanol–water partition coefficient (Wildman–Crippen LogP) is 4.11. The minimum atomic E-state index is -0.606. The van der Waals surface area contributed by atoms with Gasteiger partial charge in [0.2, 0.25) is 0 Å². The van der Waals surface area contributed by atoms with E-state index in [0.29, 0.717) is 0 Å². The Morgan fingerprint density at radius 1 is 1.38 bits per heavy atom. The maximum atomic E-state index is 12.1. The Labute approximate surface area is 130 Å². The van der Waals surface area contributed by atoms with Crippen LogP contribution in [0, 0.1) is 17.0 Å². The Hall–Kier alpha value is -1.92. The molecule has 1 heterocycles. The summed E-state index contributed by atoms with van der Waals surface area (Å²) < 4.78 is 0. The quantitative estimate of drug-likeness (QED) is 0.679. The SMILES string of the molecule is Cc1ccc(C(C)NC(=O)c2ccc(Cl)c([N+](=O)[O-])c2)s1. The highest BCUT2D eigenvalue weighted by Gasteiger charge is 2.18. The molecule has 1 aromatic heterocycles. The zero-order valence-electron chi connectivity index (χ0n) is 11.4. The van der Waals surface area contributed by atoms with Crippen molar-refractivity contribution in [3.8, 4) is 0 Å². The normalized spacial score (nSPS) is 12.0. The molecule has 21 heavy (non-hydrogen) atoms. The van der Waals surface area contributed by atoms with Crippen molar-refractivity contribution in [1.82, 2.24) is 5.32 Å². The monoisotopic (exact) mass is 324 g/mol. The van der Waals surface area contributed by atoms with Gasteiger partial charge >= 0.3 is 0 Å². The molecule has 7 heteroatoms. The number of carbonyl (C=O) groups is 1. The minimum absolute atomic E-state index is 0.0125. The molecule has 1 unspecified atom stereocenters. The van der Waals surface area contributed by atoms with E-state index in [-0.39, 0.29) is 28.2 Å². The highest BCUT2D eigenvalue weighted by atomic mass is 35.5. The molecule has 0 aliphatic heterocycles. The van der Waals surface area contributed by atoms with Gasteiger partial charge in [-0.3, -0.25) is 14.9 Å². The van der Waals surface area contributed by atoms with Gasteiger partial charge in [0, 0.05) is 21.4 Å². The van der Waals surface area contributed by atoms with E-state index in [2.05, 4.69) is 5.32 Å². The van der Waals surface area contributed by atoms with E-state index in [1.54, 1.807) is 11.3 Å². The van der Waals surface area contributed by atoms with Gasteiger partial charge in [-0.1, -0.05) is 11.6 Å². The maximum absolute atomic E-state index is 12.1. The summed E-state index contributed by atoms with van der Waals surface area (Å²) in [5.41, 5.74) is -0.0600. The fourth-order valence-corrected chi connectivity index (χ4v) is 2.90. The van der Waals surface area contributed by atoms with Gasteiger partial charge in [0.25, 0.3) is 11.6 Å². The smallest absolute Gasteiger partial charge is 0.288 e. The Morgan fingerprint density at radius 2 is 2.10 bits per heavy atom. The average Bonchev–Trinajstić information content (AvgIpc) is 2.85. The molecular formula is C14H13ClN2O3S. The van der Waals surface area contributed by atoms with Crippen molar-refractivity contribution in [2.24, 2.45) is 0 Å². The molecule has 2 aromatic rings. The van der Waals surface area contributed by atoms with Crippen LogP contribution in [0.25, 0.3) is 0 Å². The van der Waals surface area contributed by atoms with Crippen molar-refractivity contribution in [3.63, 3.8) is 0 Å². The second-order valence-electron chi connectivity index (χ2n) is 4.57. The first-order chi connectivity index (χ1) is 9.88. The summed E-state index contributed by atoms with van der Waals surface area (Å²) in [6.07, 6.45) is 0. The molecule has 0 aliphatic carbocycles. The van der Waals surface area contributed by atoms with Crippen LogP contribution in [0.15, 0.2) is 30.3 Å². The molecule has 1 amide bonds. The van der Waals surface area contributed by atoms with E-state index in [0.717, 1.165) is 9.75 Å². The summed E-state index contributed by atoms with van der Waals surface area (Å²) in [5, 5.41) is 13.7. The number of nitro groups is 1. The summed E-state index contributed by atoms with van der Waals surface area (Å²) >= 11 is 7.33. The average molecular weight is 325 g/mol. The van der Waals surface area contributed by atoms with Gasteiger partial charge in [-0.2, -0.15) is 0 Å². The van der Waals surface area contributed by atoms with Gasteiger partial charge in [-0.05, 0) is 38.1 Å². The van der Waals surface area contributed by atoms with Gasteiger partial charge in [-0.15, -0.1) is 11.3 Å². The molecule has 0 fully saturated rings. The first-order valence-corrected chi connectivity index (χ1v) is 7.39. The first kappa shape index (κ1) is 15.5. The van der Waals surface area contributed by atoms with Gasteiger partial charge in [-0.25, -0.2) is 0 Å². The molecule has 0 radical (unpaired) electrons. The molecule has 0 saturated carbocycles. The van der Waals surface area contributed by atoms with E-state index < -0.39 is 4.92 Å². The molecule has 0 bridgehead atoms. The molecule has 110 valence electrons. The lowest BCUT2D eigenvalue weighted by atomic mass is 10.1. The molecule has 0 aliphatic rings. The number of rotatable bonds is 4. The topological polar surface area (TPSA) is 72.2 Å². The third-order valence-corrected chi connectivity index (χ3v) is 4.44. The minimum Gasteiger partial charge on any atom is -0.345 e. The van der Waals surface area contributed by atoms with Crippen molar-refractivity contribution < 1.29 is 9.72 Å². The molecule has 1 atom stereocenters. The highest BCUT2D eigenvalue weighted by molar-refractivity contribution is 7.12. The van der Waals surface area contributed by atoms with Gasteiger partial charge in [0.15, 0.2) is 0 Å². The Kier molecular flexibility index (Phi) is 4.59. The van der Waals surface area contributed by atoms with Crippen LogP contribution in [0.5, 0.6) is 0 Å². The van der Waals surface area contributed by atoms with Crippen LogP contribution < -0.4 is 5.32 Å². The second kappa shape index (κ2) is 6.24.